The van der Waals surface area contributed by atoms with Crippen LogP contribution in [0.4, 0.5) is 0 Å². The summed E-state index contributed by atoms with van der Waals surface area (Å²) in [5.74, 6) is 0.977. The summed E-state index contributed by atoms with van der Waals surface area (Å²) < 4.78 is 0. The third-order valence-corrected chi connectivity index (χ3v) is 2.92. The lowest BCUT2D eigenvalue weighted by Gasteiger charge is -2.00. The smallest absolute Gasteiger partial charge is 0.110 e. The van der Waals surface area contributed by atoms with Gasteiger partial charge in [-0.2, -0.15) is 0 Å². The fourth-order valence-electron chi connectivity index (χ4n) is 1.83. The van der Waals surface area contributed by atoms with Gasteiger partial charge in [0.2, 0.25) is 0 Å². The Kier molecular flexibility index (Phi) is 4.79. The van der Waals surface area contributed by atoms with Crippen molar-refractivity contribution in [2.75, 3.05) is 6.54 Å². The monoisotopic (exact) mass is 263 g/mol. The van der Waals surface area contributed by atoms with E-state index in [4.69, 9.17) is 11.6 Å². The van der Waals surface area contributed by atoms with Crippen molar-refractivity contribution in [3.8, 4) is 0 Å². The summed E-state index contributed by atoms with van der Waals surface area (Å²) in [6, 6.07) is 7.88. The van der Waals surface area contributed by atoms with Crippen LogP contribution in [0.15, 0.2) is 30.5 Å². The van der Waals surface area contributed by atoms with Crippen LogP contribution in [-0.2, 0) is 13.0 Å². The maximum Gasteiger partial charge on any atom is 0.110 e. The van der Waals surface area contributed by atoms with Gasteiger partial charge in [-0.15, -0.1) is 0 Å². The molecule has 0 saturated heterocycles. The van der Waals surface area contributed by atoms with Gasteiger partial charge in [-0.05, 0) is 30.7 Å². The molecule has 2 rings (SSSR count). The molecule has 1 aromatic heterocycles. The predicted octanol–water partition coefficient (Wildman–Crippen LogP) is 3.15. The SMILES string of the molecule is CCCNCc1cnc(Cc2cccc(Cl)c2)[nH]1. The van der Waals surface area contributed by atoms with Gasteiger partial charge >= 0.3 is 0 Å². The highest BCUT2D eigenvalue weighted by atomic mass is 35.5. The van der Waals surface area contributed by atoms with E-state index in [0.29, 0.717) is 0 Å². The van der Waals surface area contributed by atoms with Crippen LogP contribution in [0.3, 0.4) is 0 Å². The Morgan fingerprint density at radius 1 is 1.39 bits per heavy atom. The highest BCUT2D eigenvalue weighted by molar-refractivity contribution is 6.30. The van der Waals surface area contributed by atoms with E-state index in [-0.39, 0.29) is 0 Å². The van der Waals surface area contributed by atoms with Crippen LogP contribution in [0.2, 0.25) is 5.02 Å². The molecule has 96 valence electrons. The van der Waals surface area contributed by atoms with Crippen molar-refractivity contribution in [3.63, 3.8) is 0 Å². The van der Waals surface area contributed by atoms with Crippen molar-refractivity contribution in [2.24, 2.45) is 0 Å². The summed E-state index contributed by atoms with van der Waals surface area (Å²) in [5.41, 5.74) is 2.30. The minimum atomic E-state index is 0.767. The number of hydrogen-bond acceptors (Lipinski definition) is 2. The Bertz CT molecular complexity index is 493. The third kappa shape index (κ3) is 3.86. The minimum absolute atomic E-state index is 0.767. The Hall–Kier alpha value is -1.32. The average Bonchev–Trinajstić information content (AvgIpc) is 2.77. The number of rotatable bonds is 6. The summed E-state index contributed by atoms with van der Waals surface area (Å²) in [6.07, 6.45) is 3.82. The molecule has 1 aromatic carbocycles. The number of aromatic amines is 1. The standard InChI is InChI=1S/C14H18ClN3/c1-2-6-16-9-13-10-17-14(18-13)8-11-4-3-5-12(15)7-11/h3-5,7,10,16H,2,6,8-9H2,1H3,(H,17,18). The molecule has 3 nitrogen and oxygen atoms in total. The first-order valence-corrected chi connectivity index (χ1v) is 6.63. The molecule has 18 heavy (non-hydrogen) atoms. The number of imidazole rings is 1. The molecule has 0 aliphatic rings. The van der Waals surface area contributed by atoms with Gasteiger partial charge in [0.15, 0.2) is 0 Å². The Morgan fingerprint density at radius 2 is 2.28 bits per heavy atom. The van der Waals surface area contributed by atoms with Gasteiger partial charge in [0.25, 0.3) is 0 Å². The van der Waals surface area contributed by atoms with Crippen LogP contribution >= 0.6 is 11.6 Å². The van der Waals surface area contributed by atoms with Crippen molar-refractivity contribution in [2.45, 2.75) is 26.3 Å². The molecule has 0 atom stereocenters. The predicted molar refractivity (Wildman–Crippen MR) is 74.8 cm³/mol. The fourth-order valence-corrected chi connectivity index (χ4v) is 2.04. The van der Waals surface area contributed by atoms with Crippen molar-refractivity contribution < 1.29 is 0 Å². The van der Waals surface area contributed by atoms with Crippen LogP contribution in [0.25, 0.3) is 0 Å². The second-order valence-electron chi connectivity index (χ2n) is 4.34. The van der Waals surface area contributed by atoms with E-state index in [0.717, 1.165) is 42.5 Å². The molecule has 4 heteroatoms. The van der Waals surface area contributed by atoms with Crippen LogP contribution in [0.5, 0.6) is 0 Å². The molecule has 1 heterocycles. The minimum Gasteiger partial charge on any atom is -0.345 e. The van der Waals surface area contributed by atoms with Gasteiger partial charge in [-0.25, -0.2) is 4.98 Å². The Morgan fingerprint density at radius 3 is 3.06 bits per heavy atom. The quantitative estimate of drug-likeness (QED) is 0.786. The lowest BCUT2D eigenvalue weighted by molar-refractivity contribution is 0.665. The van der Waals surface area contributed by atoms with E-state index in [1.54, 1.807) is 0 Å². The first kappa shape index (κ1) is 13.1. The topological polar surface area (TPSA) is 40.7 Å². The van der Waals surface area contributed by atoms with E-state index in [1.165, 1.54) is 5.56 Å². The van der Waals surface area contributed by atoms with Crippen molar-refractivity contribution in [3.05, 3.63) is 52.6 Å². The van der Waals surface area contributed by atoms with Crippen LogP contribution in [0, 0.1) is 0 Å². The van der Waals surface area contributed by atoms with E-state index in [1.807, 2.05) is 24.4 Å². The number of nitrogens with one attached hydrogen (secondary N) is 2. The molecule has 0 unspecified atom stereocenters. The molecule has 0 radical (unpaired) electrons. The second-order valence-corrected chi connectivity index (χ2v) is 4.78. The van der Waals surface area contributed by atoms with Crippen LogP contribution < -0.4 is 5.32 Å². The number of hydrogen-bond donors (Lipinski definition) is 2. The molecule has 0 fully saturated rings. The molecule has 0 spiro atoms. The molecule has 0 bridgehead atoms. The lowest BCUT2D eigenvalue weighted by Crippen LogP contribution is -2.13. The number of halogens is 1. The number of H-pyrrole nitrogens is 1. The van der Waals surface area contributed by atoms with Crippen molar-refractivity contribution in [1.82, 2.24) is 15.3 Å². The second kappa shape index (κ2) is 6.57. The van der Waals surface area contributed by atoms with Crippen LogP contribution in [0.1, 0.15) is 30.4 Å². The average molecular weight is 264 g/mol. The number of aromatic nitrogens is 2. The molecular formula is C14H18ClN3. The first-order chi connectivity index (χ1) is 8.78. The van der Waals surface area contributed by atoms with Gasteiger partial charge in [0.1, 0.15) is 5.82 Å². The lowest BCUT2D eigenvalue weighted by atomic mass is 10.1. The molecule has 0 saturated carbocycles. The van der Waals surface area contributed by atoms with E-state index in [2.05, 4.69) is 28.3 Å². The molecule has 0 aliphatic carbocycles. The molecule has 2 N–H and O–H groups in total. The largest absolute Gasteiger partial charge is 0.345 e. The zero-order valence-electron chi connectivity index (χ0n) is 10.5. The highest BCUT2D eigenvalue weighted by Gasteiger charge is 2.02. The van der Waals surface area contributed by atoms with Crippen LogP contribution in [-0.4, -0.2) is 16.5 Å². The van der Waals surface area contributed by atoms with Crippen molar-refractivity contribution >= 4 is 11.6 Å². The Labute approximate surface area is 113 Å². The van der Waals surface area contributed by atoms with Gasteiger partial charge < -0.3 is 10.3 Å². The first-order valence-electron chi connectivity index (χ1n) is 6.26. The summed E-state index contributed by atoms with van der Waals surface area (Å²) in [4.78, 5) is 7.70. The maximum atomic E-state index is 5.96. The van der Waals surface area contributed by atoms with Crippen molar-refractivity contribution in [1.29, 1.82) is 0 Å². The summed E-state index contributed by atoms with van der Waals surface area (Å²) in [5, 5.41) is 4.11. The Balaban J connectivity index is 1.94. The fraction of sp³-hybridized carbons (Fsp3) is 0.357. The summed E-state index contributed by atoms with van der Waals surface area (Å²) in [6.45, 7) is 4.03. The molecule has 0 amide bonds. The van der Waals surface area contributed by atoms with Gasteiger partial charge in [-0.1, -0.05) is 30.7 Å². The molecule has 0 aliphatic heterocycles. The summed E-state index contributed by atoms with van der Waals surface area (Å²) in [7, 11) is 0. The zero-order chi connectivity index (χ0) is 12.8. The number of nitrogens with zero attached hydrogens (tertiary/aromatic N) is 1. The molecular weight excluding hydrogens is 246 g/mol. The van der Waals surface area contributed by atoms with Gasteiger partial charge in [0, 0.05) is 29.9 Å². The van der Waals surface area contributed by atoms with E-state index < -0.39 is 0 Å². The normalized spacial score (nSPS) is 10.8. The zero-order valence-corrected chi connectivity index (χ0v) is 11.3. The van der Waals surface area contributed by atoms with Gasteiger partial charge in [0.05, 0.1) is 0 Å². The molecule has 2 aromatic rings. The third-order valence-electron chi connectivity index (χ3n) is 2.68. The number of benzene rings is 1. The highest BCUT2D eigenvalue weighted by Crippen LogP contribution is 2.13. The van der Waals surface area contributed by atoms with E-state index in [9.17, 15) is 0 Å². The maximum absolute atomic E-state index is 5.96. The summed E-state index contributed by atoms with van der Waals surface area (Å²) >= 11 is 5.96. The van der Waals surface area contributed by atoms with Gasteiger partial charge in [-0.3, -0.25) is 0 Å². The van der Waals surface area contributed by atoms with E-state index >= 15 is 0 Å².